The molecule has 1 aliphatic heterocycles. The molecule has 2 aromatic carbocycles. The van der Waals surface area contributed by atoms with E-state index < -0.39 is 23.7 Å². The number of rotatable bonds is 6. The van der Waals surface area contributed by atoms with Crippen LogP contribution in [0.2, 0.25) is 0 Å². The summed E-state index contributed by atoms with van der Waals surface area (Å²) in [4.78, 5) is 37.5. The van der Waals surface area contributed by atoms with Gasteiger partial charge in [0.25, 0.3) is 5.91 Å². The highest BCUT2D eigenvalue weighted by Crippen LogP contribution is 2.36. The number of nitrogens with zero attached hydrogens (tertiary/aromatic N) is 4. The molecular weight excluding hydrogens is 511 g/mol. The average Bonchev–Trinajstić information content (AvgIpc) is 2.93. The van der Waals surface area contributed by atoms with Crippen molar-refractivity contribution >= 4 is 40.6 Å². The molecule has 206 valence electrons. The summed E-state index contributed by atoms with van der Waals surface area (Å²) >= 11 is 0. The Labute approximate surface area is 224 Å². The molecule has 3 N–H and O–H groups in total. The van der Waals surface area contributed by atoms with E-state index in [-0.39, 0.29) is 11.3 Å². The van der Waals surface area contributed by atoms with Gasteiger partial charge in [0, 0.05) is 44.5 Å². The molecule has 12 heteroatoms. The fourth-order valence-electron chi connectivity index (χ4n) is 4.29. The minimum Gasteiger partial charge on any atom is -0.373 e. The van der Waals surface area contributed by atoms with Gasteiger partial charge in [-0.25, -0.2) is 14.8 Å². The normalized spacial score (nSPS) is 13.5. The molecule has 1 aliphatic rings. The van der Waals surface area contributed by atoms with Crippen LogP contribution in [0.25, 0.3) is 0 Å². The third-order valence-electron chi connectivity index (χ3n) is 6.57. The molecule has 3 amide bonds. The number of piperidine rings is 1. The molecule has 0 unspecified atom stereocenters. The average molecular weight is 542 g/mol. The summed E-state index contributed by atoms with van der Waals surface area (Å²) in [5, 5.41) is 8.31. The standard InChI is InChI=1S/C27H30F3N7O2/c1-17-7-8-18(13-20(17)35-26(39)36(3)24-15-23(31-2)32-16-33-24)25(38)34-21-14-19(27(28,29)30)9-10-22(21)37-11-5-4-6-12-37/h7-10,13-16H,4-6,11-12H2,1-3H3,(H,34,38)(H,35,39)(H,31,32,33). The Bertz CT molecular complexity index is 1360. The second kappa shape index (κ2) is 11.6. The summed E-state index contributed by atoms with van der Waals surface area (Å²) in [6.45, 7) is 3.16. The van der Waals surface area contributed by atoms with Gasteiger partial charge in [0.05, 0.1) is 16.9 Å². The quantitative estimate of drug-likeness (QED) is 0.367. The number of carbonyl (C=O) groups excluding carboxylic acids is 2. The first-order valence-corrected chi connectivity index (χ1v) is 12.5. The highest BCUT2D eigenvalue weighted by Gasteiger charge is 2.32. The lowest BCUT2D eigenvalue weighted by molar-refractivity contribution is -0.137. The number of amides is 3. The Morgan fingerprint density at radius 1 is 0.949 bits per heavy atom. The number of nitrogens with one attached hydrogen (secondary N) is 3. The molecular formula is C27H30F3N7O2. The number of halogens is 3. The number of anilines is 5. The molecule has 0 bridgehead atoms. The van der Waals surface area contributed by atoms with Crippen LogP contribution in [0, 0.1) is 6.92 Å². The third-order valence-corrected chi connectivity index (χ3v) is 6.57. The molecule has 4 rings (SSSR count). The van der Waals surface area contributed by atoms with Crippen molar-refractivity contribution in [2.24, 2.45) is 0 Å². The van der Waals surface area contributed by atoms with Gasteiger partial charge < -0.3 is 20.9 Å². The first kappa shape index (κ1) is 27.7. The molecule has 0 aliphatic carbocycles. The molecule has 0 saturated carbocycles. The van der Waals surface area contributed by atoms with Gasteiger partial charge in [0.1, 0.15) is 18.0 Å². The van der Waals surface area contributed by atoms with E-state index in [0.29, 0.717) is 41.7 Å². The van der Waals surface area contributed by atoms with Gasteiger partial charge in [-0.1, -0.05) is 6.07 Å². The molecule has 1 saturated heterocycles. The predicted octanol–water partition coefficient (Wildman–Crippen LogP) is 5.76. The smallest absolute Gasteiger partial charge is 0.373 e. The molecule has 0 radical (unpaired) electrons. The second-order valence-corrected chi connectivity index (χ2v) is 9.26. The Hall–Kier alpha value is -4.35. The molecule has 39 heavy (non-hydrogen) atoms. The van der Waals surface area contributed by atoms with E-state index in [4.69, 9.17) is 0 Å². The monoisotopic (exact) mass is 541 g/mol. The SMILES string of the molecule is CNc1cc(N(C)C(=O)Nc2cc(C(=O)Nc3cc(C(F)(F)F)ccc3N3CCCCC3)ccc2C)ncn1. The van der Waals surface area contributed by atoms with Crippen LogP contribution in [0.5, 0.6) is 0 Å². The van der Waals surface area contributed by atoms with Crippen LogP contribution < -0.4 is 25.8 Å². The number of aromatic nitrogens is 2. The summed E-state index contributed by atoms with van der Waals surface area (Å²) < 4.78 is 40.4. The van der Waals surface area contributed by atoms with E-state index >= 15 is 0 Å². The maximum atomic E-state index is 13.5. The highest BCUT2D eigenvalue weighted by atomic mass is 19.4. The van der Waals surface area contributed by atoms with Crippen molar-refractivity contribution in [3.8, 4) is 0 Å². The van der Waals surface area contributed by atoms with Gasteiger partial charge in [-0.15, -0.1) is 0 Å². The minimum atomic E-state index is -4.55. The molecule has 2 heterocycles. The Kier molecular flexibility index (Phi) is 8.22. The van der Waals surface area contributed by atoms with Crippen LogP contribution in [-0.4, -0.2) is 49.1 Å². The first-order valence-electron chi connectivity index (χ1n) is 12.5. The predicted molar refractivity (Wildman–Crippen MR) is 146 cm³/mol. The largest absolute Gasteiger partial charge is 0.416 e. The van der Waals surface area contributed by atoms with E-state index in [1.165, 1.54) is 23.4 Å². The summed E-state index contributed by atoms with van der Waals surface area (Å²) in [6.07, 6.45) is -0.317. The van der Waals surface area contributed by atoms with Gasteiger partial charge in [0.2, 0.25) is 0 Å². The number of aryl methyl sites for hydroxylation is 1. The van der Waals surface area contributed by atoms with Crippen molar-refractivity contribution in [1.29, 1.82) is 0 Å². The fraction of sp³-hybridized carbons (Fsp3) is 0.333. The van der Waals surface area contributed by atoms with E-state index in [0.717, 1.165) is 31.4 Å². The van der Waals surface area contributed by atoms with Crippen molar-refractivity contribution in [3.63, 3.8) is 0 Å². The Morgan fingerprint density at radius 3 is 2.38 bits per heavy atom. The molecule has 0 atom stereocenters. The zero-order chi connectivity index (χ0) is 28.2. The zero-order valence-electron chi connectivity index (χ0n) is 21.9. The zero-order valence-corrected chi connectivity index (χ0v) is 21.9. The number of hydrogen-bond donors (Lipinski definition) is 3. The van der Waals surface area contributed by atoms with Gasteiger partial charge in [0.15, 0.2) is 0 Å². The number of benzene rings is 2. The third kappa shape index (κ3) is 6.57. The maximum absolute atomic E-state index is 13.5. The van der Waals surface area contributed by atoms with Gasteiger partial charge >= 0.3 is 12.2 Å². The van der Waals surface area contributed by atoms with E-state index in [1.54, 1.807) is 39.2 Å². The van der Waals surface area contributed by atoms with Crippen molar-refractivity contribution in [1.82, 2.24) is 9.97 Å². The van der Waals surface area contributed by atoms with Crippen molar-refractivity contribution in [2.45, 2.75) is 32.4 Å². The van der Waals surface area contributed by atoms with Gasteiger partial charge in [-0.2, -0.15) is 13.2 Å². The Morgan fingerprint density at radius 2 is 1.69 bits per heavy atom. The lowest BCUT2D eigenvalue weighted by atomic mass is 10.1. The van der Waals surface area contributed by atoms with Crippen molar-refractivity contribution in [2.75, 3.05) is 52.9 Å². The number of carbonyl (C=O) groups is 2. The summed E-state index contributed by atoms with van der Waals surface area (Å²) in [7, 11) is 3.24. The molecule has 1 aromatic heterocycles. The lowest BCUT2D eigenvalue weighted by Gasteiger charge is -2.31. The lowest BCUT2D eigenvalue weighted by Crippen LogP contribution is -2.32. The molecule has 1 fully saturated rings. The van der Waals surface area contributed by atoms with Crippen LogP contribution in [0.4, 0.5) is 46.7 Å². The van der Waals surface area contributed by atoms with Crippen LogP contribution in [-0.2, 0) is 6.18 Å². The van der Waals surface area contributed by atoms with Crippen molar-refractivity contribution < 1.29 is 22.8 Å². The van der Waals surface area contributed by atoms with Crippen molar-refractivity contribution in [3.05, 3.63) is 65.5 Å². The topological polar surface area (TPSA) is 102 Å². The van der Waals surface area contributed by atoms with Crippen LogP contribution in [0.3, 0.4) is 0 Å². The van der Waals surface area contributed by atoms with E-state index in [1.807, 2.05) is 4.90 Å². The second-order valence-electron chi connectivity index (χ2n) is 9.26. The number of hydrogen-bond acceptors (Lipinski definition) is 6. The highest BCUT2D eigenvalue weighted by molar-refractivity contribution is 6.08. The fourth-order valence-corrected chi connectivity index (χ4v) is 4.29. The molecule has 9 nitrogen and oxygen atoms in total. The Balaban J connectivity index is 1.56. The summed E-state index contributed by atoms with van der Waals surface area (Å²) in [6, 6.07) is 9.22. The first-order chi connectivity index (χ1) is 18.6. The van der Waals surface area contributed by atoms with Gasteiger partial charge in [-0.05, 0) is 62.1 Å². The molecule has 3 aromatic rings. The van der Waals surface area contributed by atoms with Crippen LogP contribution in [0.15, 0.2) is 48.8 Å². The summed E-state index contributed by atoms with van der Waals surface area (Å²) in [5.41, 5.74) is 1.04. The van der Waals surface area contributed by atoms with E-state index in [2.05, 4.69) is 25.9 Å². The molecule has 0 spiro atoms. The van der Waals surface area contributed by atoms with Crippen LogP contribution >= 0.6 is 0 Å². The number of urea groups is 1. The minimum absolute atomic E-state index is 0.0896. The number of alkyl halides is 3. The van der Waals surface area contributed by atoms with E-state index in [9.17, 15) is 22.8 Å². The van der Waals surface area contributed by atoms with Crippen LogP contribution in [0.1, 0.15) is 40.7 Å². The maximum Gasteiger partial charge on any atom is 0.416 e. The summed E-state index contributed by atoms with van der Waals surface area (Å²) in [5.74, 6) is 0.298. The van der Waals surface area contributed by atoms with Gasteiger partial charge in [-0.3, -0.25) is 9.69 Å².